The molecule has 2 heteroatoms. The van der Waals surface area contributed by atoms with Crippen molar-refractivity contribution in [3.8, 4) is 0 Å². The van der Waals surface area contributed by atoms with Crippen LogP contribution in [0.2, 0.25) is 0 Å². The molecule has 0 aliphatic heterocycles. The number of nitrogens with zero attached hydrogens (tertiary/aromatic N) is 1. The zero-order valence-electron chi connectivity index (χ0n) is 14.0. The number of aryl methyl sites for hydroxylation is 1. The first-order chi connectivity index (χ1) is 10.3. The smallest absolute Gasteiger partial charge is 0.254 e. The van der Waals surface area contributed by atoms with Gasteiger partial charge in [0.05, 0.1) is 0 Å². The lowest BCUT2D eigenvalue weighted by atomic mass is 9.95. The SMILES string of the molecule is Cc1ccc(C(=O)N(Cc2ccccc2)CC(C)(C)C)cc1. The second-order valence-corrected chi connectivity index (χ2v) is 7.07. The van der Waals surface area contributed by atoms with E-state index in [2.05, 4.69) is 32.9 Å². The van der Waals surface area contributed by atoms with Gasteiger partial charge >= 0.3 is 0 Å². The second kappa shape index (κ2) is 6.78. The fourth-order valence-corrected chi connectivity index (χ4v) is 2.45. The molecule has 0 aliphatic rings. The Balaban J connectivity index is 2.23. The van der Waals surface area contributed by atoms with Gasteiger partial charge in [0.25, 0.3) is 5.91 Å². The third-order valence-corrected chi connectivity index (χ3v) is 3.47. The van der Waals surface area contributed by atoms with Crippen molar-refractivity contribution in [3.05, 3.63) is 71.3 Å². The molecule has 2 aromatic carbocycles. The number of rotatable bonds is 4. The van der Waals surface area contributed by atoms with E-state index in [-0.39, 0.29) is 11.3 Å². The minimum absolute atomic E-state index is 0.0646. The van der Waals surface area contributed by atoms with Crippen molar-refractivity contribution in [2.75, 3.05) is 6.54 Å². The normalized spacial score (nSPS) is 11.3. The molecule has 0 atom stereocenters. The Morgan fingerprint density at radius 2 is 1.55 bits per heavy atom. The van der Waals surface area contributed by atoms with Gasteiger partial charge in [0.2, 0.25) is 0 Å². The fraction of sp³-hybridized carbons (Fsp3) is 0.350. The summed E-state index contributed by atoms with van der Waals surface area (Å²) < 4.78 is 0. The third-order valence-electron chi connectivity index (χ3n) is 3.47. The van der Waals surface area contributed by atoms with Crippen LogP contribution in [0.25, 0.3) is 0 Å². The van der Waals surface area contributed by atoms with E-state index in [0.717, 1.165) is 17.7 Å². The van der Waals surface area contributed by atoms with Crippen LogP contribution >= 0.6 is 0 Å². The Hall–Kier alpha value is -2.09. The lowest BCUT2D eigenvalue weighted by molar-refractivity contribution is 0.0680. The van der Waals surface area contributed by atoms with Crippen LogP contribution in [0.4, 0.5) is 0 Å². The number of hydrogen-bond acceptors (Lipinski definition) is 1. The summed E-state index contributed by atoms with van der Waals surface area (Å²) in [4.78, 5) is 14.8. The van der Waals surface area contributed by atoms with Gasteiger partial charge in [0, 0.05) is 18.7 Å². The number of carbonyl (C=O) groups excluding carboxylic acids is 1. The highest BCUT2D eigenvalue weighted by atomic mass is 16.2. The van der Waals surface area contributed by atoms with Gasteiger partial charge in [-0.3, -0.25) is 4.79 Å². The zero-order chi connectivity index (χ0) is 16.2. The monoisotopic (exact) mass is 295 g/mol. The maximum absolute atomic E-state index is 12.9. The Kier molecular flexibility index (Phi) is 5.02. The highest BCUT2D eigenvalue weighted by Crippen LogP contribution is 2.19. The van der Waals surface area contributed by atoms with Gasteiger partial charge < -0.3 is 4.90 Å². The first kappa shape index (κ1) is 16.3. The Morgan fingerprint density at radius 1 is 0.955 bits per heavy atom. The van der Waals surface area contributed by atoms with Gasteiger partial charge in [-0.15, -0.1) is 0 Å². The van der Waals surface area contributed by atoms with Gasteiger partial charge in [-0.1, -0.05) is 68.8 Å². The van der Waals surface area contributed by atoms with Gasteiger partial charge in [0.15, 0.2) is 0 Å². The van der Waals surface area contributed by atoms with Crippen LogP contribution in [0.3, 0.4) is 0 Å². The van der Waals surface area contributed by atoms with Crippen molar-refractivity contribution in [1.29, 1.82) is 0 Å². The summed E-state index contributed by atoms with van der Waals surface area (Å²) in [5, 5.41) is 0. The summed E-state index contributed by atoms with van der Waals surface area (Å²) in [5.74, 6) is 0.0961. The largest absolute Gasteiger partial charge is 0.334 e. The molecule has 1 amide bonds. The first-order valence-corrected chi connectivity index (χ1v) is 7.75. The molecule has 0 saturated carbocycles. The zero-order valence-corrected chi connectivity index (χ0v) is 14.0. The summed E-state index contributed by atoms with van der Waals surface area (Å²) >= 11 is 0. The lowest BCUT2D eigenvalue weighted by Crippen LogP contribution is -2.37. The molecule has 0 N–H and O–H groups in total. The average Bonchev–Trinajstić information content (AvgIpc) is 2.46. The van der Waals surface area contributed by atoms with Crippen LogP contribution in [-0.2, 0) is 6.54 Å². The third kappa shape index (κ3) is 4.73. The molecule has 0 spiro atoms. The molecular formula is C20H25NO. The Morgan fingerprint density at radius 3 is 2.09 bits per heavy atom. The summed E-state index contributed by atoms with van der Waals surface area (Å²) in [6, 6.07) is 18.0. The summed E-state index contributed by atoms with van der Waals surface area (Å²) in [6.07, 6.45) is 0. The van der Waals surface area contributed by atoms with Crippen molar-refractivity contribution in [2.45, 2.75) is 34.2 Å². The molecule has 22 heavy (non-hydrogen) atoms. The summed E-state index contributed by atoms with van der Waals surface area (Å²) in [6.45, 7) is 9.89. The highest BCUT2D eigenvalue weighted by Gasteiger charge is 2.22. The van der Waals surface area contributed by atoms with Crippen molar-refractivity contribution >= 4 is 5.91 Å². The van der Waals surface area contributed by atoms with E-state index in [1.165, 1.54) is 5.56 Å². The summed E-state index contributed by atoms with van der Waals surface area (Å²) in [5.41, 5.74) is 3.15. The van der Waals surface area contributed by atoms with Crippen molar-refractivity contribution in [1.82, 2.24) is 4.90 Å². The molecular weight excluding hydrogens is 270 g/mol. The maximum atomic E-state index is 12.9. The topological polar surface area (TPSA) is 20.3 Å². The van der Waals surface area contributed by atoms with Crippen LogP contribution in [0, 0.1) is 12.3 Å². The molecule has 2 rings (SSSR count). The number of hydrogen-bond donors (Lipinski definition) is 0. The van der Waals surface area contributed by atoms with E-state index in [9.17, 15) is 4.79 Å². The van der Waals surface area contributed by atoms with Gasteiger partial charge in [-0.25, -0.2) is 0 Å². The van der Waals surface area contributed by atoms with Crippen LogP contribution in [-0.4, -0.2) is 17.4 Å². The predicted molar refractivity (Wildman–Crippen MR) is 91.8 cm³/mol. The molecule has 116 valence electrons. The molecule has 0 aromatic heterocycles. The Bertz CT molecular complexity index is 608. The molecule has 0 fully saturated rings. The maximum Gasteiger partial charge on any atom is 0.254 e. The quantitative estimate of drug-likeness (QED) is 0.801. The van der Waals surface area contributed by atoms with Crippen LogP contribution in [0.1, 0.15) is 42.3 Å². The van der Waals surface area contributed by atoms with Crippen molar-refractivity contribution in [2.24, 2.45) is 5.41 Å². The van der Waals surface area contributed by atoms with E-state index in [4.69, 9.17) is 0 Å². The molecule has 2 aromatic rings. The van der Waals surface area contributed by atoms with E-state index in [1.807, 2.05) is 54.3 Å². The minimum Gasteiger partial charge on any atom is -0.334 e. The summed E-state index contributed by atoms with van der Waals surface area (Å²) in [7, 11) is 0. The fourth-order valence-electron chi connectivity index (χ4n) is 2.45. The van der Waals surface area contributed by atoms with Crippen LogP contribution < -0.4 is 0 Å². The predicted octanol–water partition coefficient (Wildman–Crippen LogP) is 4.68. The first-order valence-electron chi connectivity index (χ1n) is 7.75. The molecule has 0 radical (unpaired) electrons. The van der Waals surface area contributed by atoms with E-state index < -0.39 is 0 Å². The van der Waals surface area contributed by atoms with E-state index in [0.29, 0.717) is 6.54 Å². The molecule has 0 aliphatic carbocycles. The molecule has 0 saturated heterocycles. The highest BCUT2D eigenvalue weighted by molar-refractivity contribution is 5.94. The van der Waals surface area contributed by atoms with Crippen molar-refractivity contribution in [3.63, 3.8) is 0 Å². The molecule has 2 nitrogen and oxygen atoms in total. The van der Waals surface area contributed by atoms with Crippen LogP contribution in [0.15, 0.2) is 54.6 Å². The standard InChI is InChI=1S/C20H25NO/c1-16-10-12-18(13-11-16)19(22)21(15-20(2,3)4)14-17-8-6-5-7-9-17/h5-13H,14-15H2,1-4H3. The average molecular weight is 295 g/mol. The van der Waals surface area contributed by atoms with Crippen molar-refractivity contribution < 1.29 is 4.79 Å². The molecule has 0 bridgehead atoms. The number of amides is 1. The molecule has 0 heterocycles. The number of carbonyl (C=O) groups is 1. The Labute approximate surface area is 133 Å². The number of benzene rings is 2. The lowest BCUT2D eigenvalue weighted by Gasteiger charge is -2.30. The second-order valence-electron chi connectivity index (χ2n) is 7.07. The van der Waals surface area contributed by atoms with Gasteiger partial charge in [-0.2, -0.15) is 0 Å². The molecule has 0 unspecified atom stereocenters. The van der Waals surface area contributed by atoms with E-state index in [1.54, 1.807) is 0 Å². The van der Waals surface area contributed by atoms with E-state index >= 15 is 0 Å². The van der Waals surface area contributed by atoms with Gasteiger partial charge in [0.1, 0.15) is 0 Å². The minimum atomic E-state index is 0.0646. The van der Waals surface area contributed by atoms with Crippen LogP contribution in [0.5, 0.6) is 0 Å². The van der Waals surface area contributed by atoms with Gasteiger partial charge in [-0.05, 0) is 30.0 Å².